The molecule has 6 nitrogen and oxygen atoms in total. The van der Waals surface area contributed by atoms with Gasteiger partial charge in [-0.15, -0.1) is 0 Å². The minimum Gasteiger partial charge on any atom is -0.481 e. The summed E-state index contributed by atoms with van der Waals surface area (Å²) >= 11 is 5.79. The Morgan fingerprint density at radius 3 is 2.76 bits per heavy atom. The van der Waals surface area contributed by atoms with Crippen LogP contribution in [0.4, 0.5) is 10.1 Å². The molecular formula is C17H15ClFN3O3. The summed E-state index contributed by atoms with van der Waals surface area (Å²) in [7, 11) is 1.49. The van der Waals surface area contributed by atoms with Crippen LogP contribution in [0.25, 0.3) is 0 Å². The number of carbonyl (C=O) groups excluding carboxylic acids is 2. The second kappa shape index (κ2) is 7.06. The molecule has 0 N–H and O–H groups in total. The molecule has 25 heavy (non-hydrogen) atoms. The van der Waals surface area contributed by atoms with Gasteiger partial charge in [-0.2, -0.15) is 0 Å². The van der Waals surface area contributed by atoms with E-state index in [0.29, 0.717) is 24.7 Å². The zero-order valence-electron chi connectivity index (χ0n) is 13.4. The number of carbonyl (C=O) groups is 2. The molecule has 1 saturated heterocycles. The molecule has 2 amide bonds. The lowest BCUT2D eigenvalue weighted by molar-refractivity contribution is -0.120. The van der Waals surface area contributed by atoms with Crippen molar-refractivity contribution in [1.82, 2.24) is 9.88 Å². The molecule has 2 aromatic rings. The Labute approximate surface area is 148 Å². The fourth-order valence-electron chi connectivity index (χ4n) is 2.66. The third kappa shape index (κ3) is 3.71. The largest absolute Gasteiger partial charge is 0.481 e. The van der Waals surface area contributed by atoms with Gasteiger partial charge in [0, 0.05) is 35.9 Å². The minimum atomic E-state index is -0.593. The van der Waals surface area contributed by atoms with Crippen molar-refractivity contribution in [2.75, 3.05) is 31.6 Å². The van der Waals surface area contributed by atoms with Crippen LogP contribution in [0.5, 0.6) is 5.88 Å². The Morgan fingerprint density at radius 2 is 2.08 bits per heavy atom. The smallest absolute Gasteiger partial charge is 0.254 e. The summed E-state index contributed by atoms with van der Waals surface area (Å²) in [4.78, 5) is 31.9. The van der Waals surface area contributed by atoms with E-state index in [-0.39, 0.29) is 23.0 Å². The molecule has 0 saturated carbocycles. The molecule has 1 aromatic carbocycles. The number of methoxy groups -OCH3 is 1. The number of benzene rings is 1. The molecule has 1 aromatic heterocycles. The van der Waals surface area contributed by atoms with Crippen LogP contribution < -0.4 is 9.64 Å². The van der Waals surface area contributed by atoms with Gasteiger partial charge >= 0.3 is 0 Å². The highest BCUT2D eigenvalue weighted by Gasteiger charge is 2.29. The summed E-state index contributed by atoms with van der Waals surface area (Å²) in [5.41, 5.74) is 0.773. The van der Waals surface area contributed by atoms with Crippen LogP contribution in [0, 0.1) is 5.82 Å². The van der Waals surface area contributed by atoms with Crippen LogP contribution in [0.2, 0.25) is 5.02 Å². The monoisotopic (exact) mass is 363 g/mol. The first-order valence-electron chi connectivity index (χ1n) is 7.53. The first-order chi connectivity index (χ1) is 12.0. The van der Waals surface area contributed by atoms with E-state index in [9.17, 15) is 14.0 Å². The van der Waals surface area contributed by atoms with Crippen molar-refractivity contribution in [3.8, 4) is 5.88 Å². The van der Waals surface area contributed by atoms with Gasteiger partial charge in [0.05, 0.1) is 12.8 Å². The Morgan fingerprint density at radius 1 is 1.28 bits per heavy atom. The third-order valence-electron chi connectivity index (χ3n) is 3.86. The molecule has 0 atom stereocenters. The van der Waals surface area contributed by atoms with Crippen molar-refractivity contribution >= 4 is 29.1 Å². The molecule has 0 unspecified atom stereocenters. The van der Waals surface area contributed by atoms with E-state index in [2.05, 4.69) is 4.98 Å². The summed E-state index contributed by atoms with van der Waals surface area (Å²) in [6.45, 7) is 0.543. The van der Waals surface area contributed by atoms with Crippen molar-refractivity contribution in [2.24, 2.45) is 0 Å². The summed E-state index contributed by atoms with van der Waals surface area (Å²) < 4.78 is 18.5. The number of piperazine rings is 1. The first kappa shape index (κ1) is 17.2. The zero-order chi connectivity index (χ0) is 18.0. The van der Waals surface area contributed by atoms with Crippen LogP contribution in [0.3, 0.4) is 0 Å². The molecule has 0 bridgehead atoms. The van der Waals surface area contributed by atoms with E-state index >= 15 is 0 Å². The molecule has 8 heteroatoms. The van der Waals surface area contributed by atoms with Gasteiger partial charge in [0.25, 0.3) is 5.91 Å². The standard InChI is InChI=1S/C17H15ClFN3O3/c1-25-15-9-14(2-3-20-15)22-5-4-21(10-16(22)23)17(24)11-6-12(18)8-13(19)7-11/h2-3,6-9H,4-5,10H2,1H3. The Hall–Kier alpha value is -2.67. The fourth-order valence-corrected chi connectivity index (χ4v) is 2.88. The number of rotatable bonds is 3. The average Bonchev–Trinajstić information content (AvgIpc) is 2.60. The Bertz CT molecular complexity index is 810. The van der Waals surface area contributed by atoms with Crippen molar-refractivity contribution < 1.29 is 18.7 Å². The number of hydrogen-bond donors (Lipinski definition) is 0. The maximum atomic E-state index is 13.4. The lowest BCUT2D eigenvalue weighted by atomic mass is 10.1. The van der Waals surface area contributed by atoms with Crippen LogP contribution in [0.1, 0.15) is 10.4 Å². The molecule has 0 radical (unpaired) electrons. The number of hydrogen-bond acceptors (Lipinski definition) is 4. The highest BCUT2D eigenvalue weighted by atomic mass is 35.5. The fraction of sp³-hybridized carbons (Fsp3) is 0.235. The molecule has 1 fully saturated rings. The topological polar surface area (TPSA) is 62.7 Å². The molecule has 1 aliphatic rings. The minimum absolute atomic E-state index is 0.0996. The summed E-state index contributed by atoms with van der Waals surface area (Å²) in [6.07, 6.45) is 1.55. The normalized spacial score (nSPS) is 14.6. The van der Waals surface area contributed by atoms with Gasteiger partial charge in [0.2, 0.25) is 11.8 Å². The molecule has 0 spiro atoms. The predicted octanol–water partition coefficient (Wildman–Crippen LogP) is 2.37. The average molecular weight is 364 g/mol. The van der Waals surface area contributed by atoms with E-state index in [1.54, 1.807) is 23.2 Å². The Balaban J connectivity index is 1.75. The number of aromatic nitrogens is 1. The van der Waals surface area contributed by atoms with Crippen molar-refractivity contribution in [2.45, 2.75) is 0 Å². The summed E-state index contributed by atoms with van der Waals surface area (Å²) in [5, 5.41) is 0.136. The van der Waals surface area contributed by atoms with Crippen LogP contribution >= 0.6 is 11.6 Å². The van der Waals surface area contributed by atoms with Gasteiger partial charge in [0.1, 0.15) is 12.4 Å². The number of pyridine rings is 1. The SMILES string of the molecule is COc1cc(N2CCN(C(=O)c3cc(F)cc(Cl)c3)CC2=O)ccn1. The van der Waals surface area contributed by atoms with Gasteiger partial charge in [-0.05, 0) is 24.3 Å². The quantitative estimate of drug-likeness (QED) is 0.840. The number of ether oxygens (including phenoxy) is 1. The second-order valence-electron chi connectivity index (χ2n) is 5.49. The highest BCUT2D eigenvalue weighted by molar-refractivity contribution is 6.31. The van der Waals surface area contributed by atoms with Crippen molar-refractivity contribution in [3.63, 3.8) is 0 Å². The van der Waals surface area contributed by atoms with Crippen LogP contribution in [-0.2, 0) is 4.79 Å². The molecule has 0 aliphatic carbocycles. The third-order valence-corrected chi connectivity index (χ3v) is 4.07. The zero-order valence-corrected chi connectivity index (χ0v) is 14.2. The predicted molar refractivity (Wildman–Crippen MR) is 90.5 cm³/mol. The lowest BCUT2D eigenvalue weighted by Gasteiger charge is -2.34. The van der Waals surface area contributed by atoms with Gasteiger partial charge in [-0.3, -0.25) is 9.59 Å². The Kier molecular flexibility index (Phi) is 4.85. The van der Waals surface area contributed by atoms with Gasteiger partial charge in [-0.1, -0.05) is 11.6 Å². The van der Waals surface area contributed by atoms with Gasteiger partial charge in [0.15, 0.2) is 0 Å². The number of amides is 2. The van der Waals surface area contributed by atoms with E-state index in [0.717, 1.165) is 12.1 Å². The summed E-state index contributed by atoms with van der Waals surface area (Å²) in [6, 6.07) is 6.97. The van der Waals surface area contributed by atoms with E-state index < -0.39 is 11.7 Å². The number of halogens is 2. The van der Waals surface area contributed by atoms with E-state index in [1.807, 2.05) is 0 Å². The van der Waals surface area contributed by atoms with Crippen LogP contribution in [-0.4, -0.2) is 48.4 Å². The maximum absolute atomic E-state index is 13.4. The first-order valence-corrected chi connectivity index (χ1v) is 7.91. The number of anilines is 1. The summed E-state index contributed by atoms with van der Waals surface area (Å²) in [5.74, 6) is -0.861. The lowest BCUT2D eigenvalue weighted by Crippen LogP contribution is -2.52. The molecule has 130 valence electrons. The maximum Gasteiger partial charge on any atom is 0.254 e. The van der Waals surface area contributed by atoms with E-state index in [1.165, 1.54) is 18.1 Å². The van der Waals surface area contributed by atoms with Gasteiger partial charge in [-0.25, -0.2) is 9.37 Å². The molecule has 1 aliphatic heterocycles. The van der Waals surface area contributed by atoms with Crippen LogP contribution in [0.15, 0.2) is 36.5 Å². The molecular weight excluding hydrogens is 349 g/mol. The van der Waals surface area contributed by atoms with Crippen molar-refractivity contribution in [3.05, 3.63) is 52.9 Å². The molecule has 3 rings (SSSR count). The van der Waals surface area contributed by atoms with Crippen molar-refractivity contribution in [1.29, 1.82) is 0 Å². The van der Waals surface area contributed by atoms with E-state index in [4.69, 9.17) is 16.3 Å². The molecule has 2 heterocycles. The van der Waals surface area contributed by atoms with Gasteiger partial charge < -0.3 is 14.5 Å². The second-order valence-corrected chi connectivity index (χ2v) is 5.92. The highest BCUT2D eigenvalue weighted by Crippen LogP contribution is 2.22. The number of nitrogens with zero attached hydrogens (tertiary/aromatic N) is 3.